The zero-order chi connectivity index (χ0) is 13.1. The fourth-order valence-corrected chi connectivity index (χ4v) is 1.72. The van der Waals surface area contributed by atoms with E-state index in [1.165, 1.54) is 0 Å². The van der Waals surface area contributed by atoms with E-state index >= 15 is 0 Å². The van der Waals surface area contributed by atoms with Crippen LogP contribution in [0.2, 0.25) is 0 Å². The predicted octanol–water partition coefficient (Wildman–Crippen LogP) is 0.930. The van der Waals surface area contributed by atoms with Crippen molar-refractivity contribution in [1.82, 2.24) is 15.0 Å². The smallest absolute Gasteiger partial charge is 0.397 e. The molecule has 2 aromatic rings. The number of nitrogen functional groups attached to an aromatic ring is 1. The van der Waals surface area contributed by atoms with Crippen molar-refractivity contribution < 1.29 is 14.5 Å². The monoisotopic (exact) mass is 252 g/mol. The highest BCUT2D eigenvalue weighted by atomic mass is 16.5. The van der Waals surface area contributed by atoms with Crippen molar-refractivity contribution in [3.63, 3.8) is 0 Å². The molecule has 0 aliphatic heterocycles. The van der Waals surface area contributed by atoms with Gasteiger partial charge in [0.2, 0.25) is 5.52 Å². The van der Waals surface area contributed by atoms with Gasteiger partial charge in [0, 0.05) is 0 Å². The van der Waals surface area contributed by atoms with Crippen LogP contribution >= 0.6 is 0 Å². The van der Waals surface area contributed by atoms with Crippen molar-refractivity contribution in [3.05, 3.63) is 0 Å². The van der Waals surface area contributed by atoms with E-state index < -0.39 is 0 Å². The summed E-state index contributed by atoms with van der Waals surface area (Å²) in [6.07, 6.45) is 2.05. The summed E-state index contributed by atoms with van der Waals surface area (Å²) in [6, 6.07) is 0.753. The molecule has 0 aliphatic carbocycles. The van der Waals surface area contributed by atoms with Gasteiger partial charge in [-0.05, 0) is 18.3 Å². The second-order valence-corrected chi connectivity index (χ2v) is 4.12. The second-order valence-electron chi connectivity index (χ2n) is 4.12. The van der Waals surface area contributed by atoms with Crippen LogP contribution in [0, 0.1) is 0 Å². The van der Waals surface area contributed by atoms with Crippen LogP contribution in [0.5, 0.6) is 12.0 Å². The van der Waals surface area contributed by atoms with Crippen LogP contribution in [-0.2, 0) is 0 Å². The summed E-state index contributed by atoms with van der Waals surface area (Å²) in [5, 5.41) is 0. The number of hydrogen-bond donors (Lipinski definition) is 2. The number of fused-ring (bicyclic) bond motifs is 1. The second kappa shape index (κ2) is 5.07. The first-order valence-corrected chi connectivity index (χ1v) is 5.93. The van der Waals surface area contributed by atoms with Gasteiger partial charge in [0.25, 0.3) is 0 Å². The van der Waals surface area contributed by atoms with Crippen LogP contribution < -0.4 is 20.2 Å². The molecule has 0 amide bonds. The molecule has 0 saturated carbocycles. The lowest BCUT2D eigenvalue weighted by atomic mass is 10.2. The van der Waals surface area contributed by atoms with Crippen LogP contribution in [0.1, 0.15) is 26.7 Å². The fraction of sp³-hybridized carbons (Fsp3) is 0.545. The summed E-state index contributed by atoms with van der Waals surface area (Å²) < 4.78 is 10.6. The normalized spacial score (nSPS) is 12.6. The van der Waals surface area contributed by atoms with Crippen molar-refractivity contribution in [2.24, 2.45) is 0 Å². The minimum Gasteiger partial charge on any atom is -0.448 e. The molecule has 0 spiro atoms. The zero-order valence-electron chi connectivity index (χ0n) is 10.8. The molecule has 0 saturated heterocycles. The Balaban J connectivity index is 2.30. The van der Waals surface area contributed by atoms with E-state index in [1.807, 2.05) is 6.92 Å². The Morgan fingerprint density at radius 1 is 1.44 bits per heavy atom. The molecule has 0 aromatic carbocycles. The number of ether oxygens (including phenoxy) is 2. The first kappa shape index (κ1) is 12.4. The highest BCUT2D eigenvalue weighted by molar-refractivity contribution is 5.79. The Hall–Kier alpha value is -2.05. The average molecular weight is 252 g/mol. The van der Waals surface area contributed by atoms with E-state index in [0.717, 1.165) is 12.8 Å². The lowest BCUT2D eigenvalue weighted by molar-refractivity contribution is -0.364. The number of H-pyrrole nitrogens is 2. The third-order valence-electron chi connectivity index (χ3n) is 2.59. The third kappa shape index (κ3) is 2.44. The zero-order valence-corrected chi connectivity index (χ0v) is 10.8. The molecule has 0 aliphatic rings. The molecule has 4 N–H and O–H groups in total. The Morgan fingerprint density at radius 2 is 2.22 bits per heavy atom. The molecule has 0 fully saturated rings. The van der Waals surface area contributed by atoms with E-state index in [-0.39, 0.29) is 12.1 Å². The van der Waals surface area contributed by atoms with E-state index in [0.29, 0.717) is 23.0 Å². The van der Waals surface area contributed by atoms with E-state index in [4.69, 9.17) is 15.2 Å². The van der Waals surface area contributed by atoms with Crippen molar-refractivity contribution in [2.75, 3.05) is 12.8 Å². The molecule has 2 aromatic heterocycles. The van der Waals surface area contributed by atoms with Crippen molar-refractivity contribution in [2.45, 2.75) is 32.8 Å². The van der Waals surface area contributed by atoms with Crippen LogP contribution in [0.3, 0.4) is 0 Å². The molecule has 0 bridgehead atoms. The standard InChI is InChI=1S/C11H17N5O2/c1-4-5-6(2)18-11-14-8(12)7-9(16-11)15-10(13-7)17-3/h6H,4-5H2,1-3H3,(H3,12,13,14,15,16)/p+1/t6-/m1/s1. The molecule has 0 unspecified atom stereocenters. The molecule has 0 radical (unpaired) electrons. The first-order chi connectivity index (χ1) is 8.63. The Kier molecular flexibility index (Phi) is 3.50. The van der Waals surface area contributed by atoms with Crippen LogP contribution in [0.25, 0.3) is 11.2 Å². The van der Waals surface area contributed by atoms with Gasteiger partial charge in [-0.15, -0.1) is 0 Å². The fourth-order valence-electron chi connectivity index (χ4n) is 1.72. The van der Waals surface area contributed by atoms with Gasteiger partial charge in [0.15, 0.2) is 5.82 Å². The van der Waals surface area contributed by atoms with Gasteiger partial charge < -0.3 is 15.2 Å². The summed E-state index contributed by atoms with van der Waals surface area (Å²) in [5.41, 5.74) is 7.02. The van der Waals surface area contributed by atoms with Gasteiger partial charge in [0.05, 0.1) is 7.11 Å². The molecular weight excluding hydrogens is 234 g/mol. The number of aromatic nitrogens is 4. The lowest BCUT2D eigenvalue weighted by Crippen LogP contribution is -2.14. The molecule has 98 valence electrons. The van der Waals surface area contributed by atoms with Crippen molar-refractivity contribution >= 4 is 17.0 Å². The van der Waals surface area contributed by atoms with Gasteiger partial charge >= 0.3 is 17.7 Å². The number of nitrogens with one attached hydrogen (secondary N) is 2. The molecule has 7 heteroatoms. The van der Waals surface area contributed by atoms with Crippen molar-refractivity contribution in [1.29, 1.82) is 0 Å². The Morgan fingerprint density at radius 3 is 2.89 bits per heavy atom. The van der Waals surface area contributed by atoms with Gasteiger partial charge in [-0.25, -0.2) is 9.97 Å². The minimum atomic E-state index is 0.0627. The Labute approximate surface area is 105 Å². The Bertz CT molecular complexity index is 539. The van der Waals surface area contributed by atoms with Gasteiger partial charge in [-0.2, -0.15) is 4.98 Å². The number of hydrogen-bond acceptors (Lipinski definition) is 5. The minimum absolute atomic E-state index is 0.0627. The van der Waals surface area contributed by atoms with Gasteiger partial charge in [-0.1, -0.05) is 13.3 Å². The summed E-state index contributed by atoms with van der Waals surface area (Å²) in [4.78, 5) is 14.2. The lowest BCUT2D eigenvalue weighted by Gasteiger charge is -2.09. The summed E-state index contributed by atoms with van der Waals surface area (Å²) >= 11 is 0. The molecule has 18 heavy (non-hydrogen) atoms. The highest BCUT2D eigenvalue weighted by Crippen LogP contribution is 2.19. The third-order valence-corrected chi connectivity index (χ3v) is 2.59. The quantitative estimate of drug-likeness (QED) is 0.824. The maximum atomic E-state index is 5.84. The number of imidazole rings is 1. The van der Waals surface area contributed by atoms with E-state index in [2.05, 4.69) is 26.9 Å². The number of anilines is 1. The predicted molar refractivity (Wildman–Crippen MR) is 66.4 cm³/mol. The summed E-state index contributed by atoms with van der Waals surface area (Å²) in [7, 11) is 1.55. The summed E-state index contributed by atoms with van der Waals surface area (Å²) in [6.45, 7) is 4.08. The first-order valence-electron chi connectivity index (χ1n) is 5.93. The SMILES string of the molecule is CCC[C@@H](C)Oc1nc(N)c2[nH]c(OC)[nH+]c2n1. The number of aromatic amines is 2. The number of nitrogens with two attached hydrogens (primary N) is 1. The highest BCUT2D eigenvalue weighted by Gasteiger charge is 2.19. The summed E-state index contributed by atoms with van der Waals surface area (Å²) in [5.74, 6) is 0.332. The molecule has 2 rings (SSSR count). The van der Waals surface area contributed by atoms with Gasteiger partial charge in [-0.3, -0.25) is 0 Å². The topological polar surface area (TPSA) is 100 Å². The number of nitrogens with zero attached hydrogens (tertiary/aromatic N) is 2. The number of methoxy groups -OCH3 is 1. The largest absolute Gasteiger partial charge is 0.448 e. The molecular formula is C11H18N5O2+. The molecule has 7 nitrogen and oxygen atoms in total. The maximum absolute atomic E-state index is 5.84. The van der Waals surface area contributed by atoms with Gasteiger partial charge in [0.1, 0.15) is 6.10 Å². The van der Waals surface area contributed by atoms with Crippen LogP contribution in [0.4, 0.5) is 5.82 Å². The number of rotatable bonds is 5. The van der Waals surface area contributed by atoms with Crippen molar-refractivity contribution in [3.8, 4) is 12.0 Å². The molecule has 1 atom stereocenters. The maximum Gasteiger partial charge on any atom is 0.397 e. The van der Waals surface area contributed by atoms with Crippen LogP contribution in [0.15, 0.2) is 0 Å². The van der Waals surface area contributed by atoms with Crippen LogP contribution in [-0.4, -0.2) is 28.2 Å². The van der Waals surface area contributed by atoms with E-state index in [1.54, 1.807) is 7.11 Å². The van der Waals surface area contributed by atoms with E-state index in [9.17, 15) is 0 Å². The molecule has 2 heterocycles. The average Bonchev–Trinajstić information content (AvgIpc) is 2.72.